The highest BCUT2D eigenvalue weighted by Crippen LogP contribution is 2.24. The number of nitrogens with one attached hydrogen (secondary N) is 1. The Kier molecular flexibility index (Phi) is 3.49. The highest BCUT2D eigenvalue weighted by atomic mass is 16.2. The fourth-order valence-electron chi connectivity index (χ4n) is 3.09. The van der Waals surface area contributed by atoms with Crippen molar-refractivity contribution in [1.82, 2.24) is 9.88 Å². The smallest absolute Gasteiger partial charge is 0.254 e. The van der Waals surface area contributed by atoms with Crippen LogP contribution < -0.4 is 5.73 Å². The van der Waals surface area contributed by atoms with E-state index in [0.29, 0.717) is 12.5 Å². The largest absolute Gasteiger partial charge is 0.361 e. The predicted molar refractivity (Wildman–Crippen MR) is 80.6 cm³/mol. The van der Waals surface area contributed by atoms with E-state index >= 15 is 0 Å². The van der Waals surface area contributed by atoms with Gasteiger partial charge in [-0.05, 0) is 43.0 Å². The number of likely N-dealkylation sites (tertiary alicyclic amines) is 1. The van der Waals surface area contributed by atoms with Crippen molar-refractivity contribution < 1.29 is 4.79 Å². The standard InChI is InChI=1S/C16H21N3O/c1-11-5-7-19(14(8-11)10-17)16(20)13-2-3-15-12(9-13)4-6-18-15/h2-4,6,9,11,14,18H,5,7-8,10,17H2,1H3. The second-order valence-electron chi connectivity index (χ2n) is 5.80. The number of fused-ring (bicyclic) bond motifs is 1. The van der Waals surface area contributed by atoms with Gasteiger partial charge in [-0.3, -0.25) is 4.79 Å². The molecule has 2 aromatic rings. The van der Waals surface area contributed by atoms with E-state index in [9.17, 15) is 4.79 Å². The number of hydrogen-bond donors (Lipinski definition) is 2. The fraction of sp³-hybridized carbons (Fsp3) is 0.438. The number of nitrogens with two attached hydrogens (primary N) is 1. The van der Waals surface area contributed by atoms with Crippen LogP contribution in [0.2, 0.25) is 0 Å². The Balaban J connectivity index is 1.86. The molecule has 4 heteroatoms. The molecule has 1 aliphatic rings. The lowest BCUT2D eigenvalue weighted by atomic mass is 9.92. The van der Waals surface area contributed by atoms with Gasteiger partial charge in [-0.1, -0.05) is 6.92 Å². The molecular formula is C16H21N3O. The maximum atomic E-state index is 12.7. The summed E-state index contributed by atoms with van der Waals surface area (Å²) in [6.45, 7) is 3.59. The van der Waals surface area contributed by atoms with Gasteiger partial charge in [0.05, 0.1) is 0 Å². The summed E-state index contributed by atoms with van der Waals surface area (Å²) in [4.78, 5) is 17.8. The molecule has 3 N–H and O–H groups in total. The Morgan fingerprint density at radius 2 is 2.30 bits per heavy atom. The van der Waals surface area contributed by atoms with E-state index in [1.165, 1.54) is 0 Å². The third-order valence-electron chi connectivity index (χ3n) is 4.31. The van der Waals surface area contributed by atoms with E-state index in [1.54, 1.807) is 0 Å². The Hall–Kier alpha value is -1.81. The average molecular weight is 271 g/mol. The van der Waals surface area contributed by atoms with Crippen molar-refractivity contribution in [3.8, 4) is 0 Å². The molecule has 2 atom stereocenters. The molecule has 4 nitrogen and oxygen atoms in total. The first-order valence-electron chi connectivity index (χ1n) is 7.27. The number of hydrogen-bond acceptors (Lipinski definition) is 2. The highest BCUT2D eigenvalue weighted by Gasteiger charge is 2.29. The summed E-state index contributed by atoms with van der Waals surface area (Å²) in [5.41, 5.74) is 7.66. The molecule has 1 fully saturated rings. The molecule has 1 aliphatic heterocycles. The number of nitrogens with zero attached hydrogens (tertiary/aromatic N) is 1. The van der Waals surface area contributed by atoms with Crippen LogP contribution in [0.25, 0.3) is 10.9 Å². The molecule has 0 bridgehead atoms. The molecule has 0 saturated carbocycles. The van der Waals surface area contributed by atoms with Crippen LogP contribution in [0.1, 0.15) is 30.1 Å². The fourth-order valence-corrected chi connectivity index (χ4v) is 3.09. The van der Waals surface area contributed by atoms with E-state index in [4.69, 9.17) is 5.73 Å². The number of amides is 1. The summed E-state index contributed by atoms with van der Waals surface area (Å²) in [5, 5.41) is 1.07. The first kappa shape index (κ1) is 13.2. The minimum absolute atomic E-state index is 0.107. The molecule has 2 heterocycles. The summed E-state index contributed by atoms with van der Waals surface area (Å²) in [5.74, 6) is 0.759. The number of carbonyl (C=O) groups excluding carboxylic acids is 1. The first-order valence-corrected chi connectivity index (χ1v) is 7.27. The highest BCUT2D eigenvalue weighted by molar-refractivity contribution is 5.98. The number of carbonyl (C=O) groups is 1. The molecule has 1 aromatic carbocycles. The van der Waals surface area contributed by atoms with Gasteiger partial charge in [-0.25, -0.2) is 0 Å². The molecule has 1 amide bonds. The molecule has 106 valence electrons. The quantitative estimate of drug-likeness (QED) is 0.881. The third kappa shape index (κ3) is 2.31. The van der Waals surface area contributed by atoms with Gasteiger partial charge >= 0.3 is 0 Å². The third-order valence-corrected chi connectivity index (χ3v) is 4.31. The van der Waals surface area contributed by atoms with Gasteiger partial charge in [0.2, 0.25) is 0 Å². The van der Waals surface area contributed by atoms with Gasteiger partial charge < -0.3 is 15.6 Å². The van der Waals surface area contributed by atoms with E-state index in [1.807, 2.05) is 35.4 Å². The number of piperidine rings is 1. The van der Waals surface area contributed by atoms with E-state index in [-0.39, 0.29) is 11.9 Å². The molecule has 3 rings (SSSR count). The summed E-state index contributed by atoms with van der Waals surface area (Å²) in [7, 11) is 0. The van der Waals surface area contributed by atoms with Gasteiger partial charge in [-0.2, -0.15) is 0 Å². The number of benzene rings is 1. The topological polar surface area (TPSA) is 62.1 Å². The second-order valence-corrected chi connectivity index (χ2v) is 5.80. The number of aromatic amines is 1. The zero-order valence-corrected chi connectivity index (χ0v) is 11.8. The van der Waals surface area contributed by atoms with Crippen LogP contribution in [-0.2, 0) is 0 Å². The molecular weight excluding hydrogens is 250 g/mol. The zero-order valence-electron chi connectivity index (χ0n) is 11.8. The van der Waals surface area contributed by atoms with Gasteiger partial charge in [0.1, 0.15) is 0 Å². The van der Waals surface area contributed by atoms with Gasteiger partial charge in [0.15, 0.2) is 0 Å². The molecule has 0 aliphatic carbocycles. The Morgan fingerprint density at radius 3 is 3.10 bits per heavy atom. The Morgan fingerprint density at radius 1 is 1.45 bits per heavy atom. The van der Waals surface area contributed by atoms with Crippen LogP contribution in [0.3, 0.4) is 0 Å². The minimum atomic E-state index is 0.107. The minimum Gasteiger partial charge on any atom is -0.361 e. The van der Waals surface area contributed by atoms with E-state index < -0.39 is 0 Å². The van der Waals surface area contributed by atoms with Crippen LogP contribution >= 0.6 is 0 Å². The van der Waals surface area contributed by atoms with Crippen molar-refractivity contribution in [2.45, 2.75) is 25.8 Å². The van der Waals surface area contributed by atoms with Crippen LogP contribution in [0, 0.1) is 5.92 Å². The lowest BCUT2D eigenvalue weighted by Crippen LogP contribution is -2.49. The summed E-state index contributed by atoms with van der Waals surface area (Å²) in [6.07, 6.45) is 3.97. The average Bonchev–Trinajstić information content (AvgIpc) is 2.93. The number of H-pyrrole nitrogens is 1. The molecule has 20 heavy (non-hydrogen) atoms. The van der Waals surface area contributed by atoms with Gasteiger partial charge in [0, 0.05) is 41.8 Å². The SMILES string of the molecule is CC1CCN(C(=O)c2ccc3[nH]ccc3c2)C(CN)C1. The Labute approximate surface area is 118 Å². The molecule has 2 unspecified atom stereocenters. The molecule has 1 aromatic heterocycles. The van der Waals surface area contributed by atoms with E-state index in [2.05, 4.69) is 11.9 Å². The monoisotopic (exact) mass is 271 g/mol. The lowest BCUT2D eigenvalue weighted by Gasteiger charge is -2.38. The number of aromatic nitrogens is 1. The van der Waals surface area contributed by atoms with Crippen molar-refractivity contribution in [1.29, 1.82) is 0 Å². The van der Waals surface area contributed by atoms with Crippen LogP contribution in [0.4, 0.5) is 0 Å². The number of rotatable bonds is 2. The lowest BCUT2D eigenvalue weighted by molar-refractivity contribution is 0.0574. The predicted octanol–water partition coefficient (Wildman–Crippen LogP) is 2.37. The normalized spacial score (nSPS) is 23.2. The van der Waals surface area contributed by atoms with Crippen LogP contribution in [0.15, 0.2) is 30.5 Å². The second kappa shape index (κ2) is 5.29. The Bertz CT molecular complexity index is 619. The molecule has 0 radical (unpaired) electrons. The zero-order chi connectivity index (χ0) is 14.1. The van der Waals surface area contributed by atoms with Crippen molar-refractivity contribution in [2.24, 2.45) is 11.7 Å². The molecule has 0 spiro atoms. The van der Waals surface area contributed by atoms with Crippen LogP contribution in [0.5, 0.6) is 0 Å². The maximum absolute atomic E-state index is 12.7. The van der Waals surface area contributed by atoms with Gasteiger partial charge in [-0.15, -0.1) is 0 Å². The van der Waals surface area contributed by atoms with E-state index in [0.717, 1.165) is 35.9 Å². The first-order chi connectivity index (χ1) is 9.69. The summed E-state index contributed by atoms with van der Waals surface area (Å²) >= 11 is 0. The van der Waals surface area contributed by atoms with Crippen molar-refractivity contribution in [2.75, 3.05) is 13.1 Å². The summed E-state index contributed by atoms with van der Waals surface area (Å²) in [6, 6.07) is 7.98. The molecule has 1 saturated heterocycles. The van der Waals surface area contributed by atoms with Crippen molar-refractivity contribution >= 4 is 16.8 Å². The van der Waals surface area contributed by atoms with Gasteiger partial charge in [0.25, 0.3) is 5.91 Å². The van der Waals surface area contributed by atoms with Crippen molar-refractivity contribution in [3.63, 3.8) is 0 Å². The van der Waals surface area contributed by atoms with Crippen molar-refractivity contribution in [3.05, 3.63) is 36.0 Å². The maximum Gasteiger partial charge on any atom is 0.254 e. The van der Waals surface area contributed by atoms with Crippen LogP contribution in [-0.4, -0.2) is 34.9 Å². The summed E-state index contributed by atoms with van der Waals surface area (Å²) < 4.78 is 0.